The summed E-state index contributed by atoms with van der Waals surface area (Å²) in [5.74, 6) is 1.58. The molecule has 0 unspecified atom stereocenters. The van der Waals surface area contributed by atoms with Crippen LogP contribution in [-0.4, -0.2) is 24.0 Å². The maximum Gasteiger partial charge on any atom is 0.130 e. The molecule has 0 N–H and O–H groups in total. The van der Waals surface area contributed by atoms with E-state index in [9.17, 15) is 0 Å². The standard InChI is InChI=1S/C14H18N2O2/c1-10(2)16-9-11(8-15-16)14-12(17-3)6-5-7-13(14)18-4/h5-10H,1-4H3. The smallest absolute Gasteiger partial charge is 0.130 e. The summed E-state index contributed by atoms with van der Waals surface area (Å²) >= 11 is 0. The average molecular weight is 246 g/mol. The molecule has 1 aromatic carbocycles. The van der Waals surface area contributed by atoms with E-state index in [1.54, 1.807) is 14.2 Å². The molecule has 0 radical (unpaired) electrons. The summed E-state index contributed by atoms with van der Waals surface area (Å²) < 4.78 is 12.7. The summed E-state index contributed by atoms with van der Waals surface area (Å²) in [4.78, 5) is 0. The van der Waals surface area contributed by atoms with Gasteiger partial charge in [-0.1, -0.05) is 6.07 Å². The Kier molecular flexibility index (Phi) is 3.55. The molecule has 0 bridgehead atoms. The van der Waals surface area contributed by atoms with Crippen LogP contribution in [0.3, 0.4) is 0 Å². The number of rotatable bonds is 4. The van der Waals surface area contributed by atoms with Crippen molar-refractivity contribution in [1.82, 2.24) is 9.78 Å². The molecule has 1 heterocycles. The van der Waals surface area contributed by atoms with Gasteiger partial charge in [-0.15, -0.1) is 0 Å². The number of aromatic nitrogens is 2. The minimum Gasteiger partial charge on any atom is -0.496 e. The van der Waals surface area contributed by atoms with Crippen molar-refractivity contribution in [3.05, 3.63) is 30.6 Å². The van der Waals surface area contributed by atoms with Gasteiger partial charge in [0, 0.05) is 17.8 Å². The van der Waals surface area contributed by atoms with Gasteiger partial charge in [-0.2, -0.15) is 5.10 Å². The fraction of sp³-hybridized carbons (Fsp3) is 0.357. The highest BCUT2D eigenvalue weighted by Crippen LogP contribution is 2.38. The molecule has 1 aromatic heterocycles. The molecular formula is C14H18N2O2. The van der Waals surface area contributed by atoms with Crippen LogP contribution in [0, 0.1) is 0 Å². The molecular weight excluding hydrogens is 228 g/mol. The SMILES string of the molecule is COc1cccc(OC)c1-c1cnn(C(C)C)c1. The Balaban J connectivity index is 2.54. The van der Waals surface area contributed by atoms with Gasteiger partial charge in [0.05, 0.1) is 26.0 Å². The Bertz CT molecular complexity index is 510. The van der Waals surface area contributed by atoms with Gasteiger partial charge >= 0.3 is 0 Å². The van der Waals surface area contributed by atoms with Crippen molar-refractivity contribution in [2.24, 2.45) is 0 Å². The molecule has 0 spiro atoms. The number of hydrogen-bond donors (Lipinski definition) is 0. The van der Waals surface area contributed by atoms with Gasteiger partial charge in [0.2, 0.25) is 0 Å². The van der Waals surface area contributed by atoms with Crippen molar-refractivity contribution in [3.8, 4) is 22.6 Å². The molecule has 4 nitrogen and oxygen atoms in total. The zero-order valence-electron chi connectivity index (χ0n) is 11.2. The molecule has 0 saturated carbocycles. The van der Waals surface area contributed by atoms with Gasteiger partial charge in [-0.05, 0) is 26.0 Å². The topological polar surface area (TPSA) is 36.3 Å². The number of hydrogen-bond acceptors (Lipinski definition) is 3. The van der Waals surface area contributed by atoms with Crippen molar-refractivity contribution in [2.45, 2.75) is 19.9 Å². The first-order chi connectivity index (χ1) is 8.67. The molecule has 2 rings (SSSR count). The van der Waals surface area contributed by atoms with Crippen molar-refractivity contribution in [3.63, 3.8) is 0 Å². The van der Waals surface area contributed by atoms with Gasteiger partial charge in [-0.25, -0.2) is 0 Å². The Morgan fingerprint density at radius 2 is 1.72 bits per heavy atom. The summed E-state index contributed by atoms with van der Waals surface area (Å²) in [6.07, 6.45) is 3.84. The Labute approximate surface area is 107 Å². The van der Waals surface area contributed by atoms with Gasteiger partial charge < -0.3 is 9.47 Å². The number of benzene rings is 1. The normalized spacial score (nSPS) is 10.7. The number of ether oxygens (including phenoxy) is 2. The van der Waals surface area contributed by atoms with E-state index in [-0.39, 0.29) is 0 Å². The van der Waals surface area contributed by atoms with E-state index >= 15 is 0 Å². The molecule has 0 aliphatic heterocycles. The molecule has 0 saturated heterocycles. The predicted octanol–water partition coefficient (Wildman–Crippen LogP) is 3.15. The lowest BCUT2D eigenvalue weighted by Gasteiger charge is -2.11. The van der Waals surface area contributed by atoms with Crippen LogP contribution in [0.5, 0.6) is 11.5 Å². The van der Waals surface area contributed by atoms with E-state index in [0.29, 0.717) is 6.04 Å². The highest BCUT2D eigenvalue weighted by atomic mass is 16.5. The molecule has 2 aromatic rings. The van der Waals surface area contributed by atoms with Crippen LogP contribution in [0.1, 0.15) is 19.9 Å². The van der Waals surface area contributed by atoms with E-state index in [1.807, 2.05) is 35.3 Å². The second-order valence-electron chi connectivity index (χ2n) is 4.34. The molecule has 0 aliphatic carbocycles. The van der Waals surface area contributed by atoms with Crippen molar-refractivity contribution in [2.75, 3.05) is 14.2 Å². The first-order valence-corrected chi connectivity index (χ1v) is 5.93. The van der Waals surface area contributed by atoms with Crippen molar-refractivity contribution >= 4 is 0 Å². The predicted molar refractivity (Wildman–Crippen MR) is 71.2 cm³/mol. The first kappa shape index (κ1) is 12.5. The molecule has 0 amide bonds. The second kappa shape index (κ2) is 5.12. The monoisotopic (exact) mass is 246 g/mol. The van der Waals surface area contributed by atoms with E-state index in [4.69, 9.17) is 9.47 Å². The minimum absolute atomic E-state index is 0.333. The molecule has 0 aliphatic rings. The first-order valence-electron chi connectivity index (χ1n) is 5.93. The lowest BCUT2D eigenvalue weighted by atomic mass is 10.1. The van der Waals surface area contributed by atoms with Crippen LogP contribution >= 0.6 is 0 Å². The largest absolute Gasteiger partial charge is 0.496 e. The molecule has 96 valence electrons. The van der Waals surface area contributed by atoms with E-state index in [2.05, 4.69) is 18.9 Å². The van der Waals surface area contributed by atoms with Crippen LogP contribution in [0.15, 0.2) is 30.6 Å². The van der Waals surface area contributed by atoms with Gasteiger partial charge in [0.25, 0.3) is 0 Å². The maximum absolute atomic E-state index is 5.39. The van der Waals surface area contributed by atoms with Crippen LogP contribution in [-0.2, 0) is 0 Å². The third-order valence-electron chi connectivity index (χ3n) is 2.85. The minimum atomic E-state index is 0.333. The summed E-state index contributed by atoms with van der Waals surface area (Å²) in [5.41, 5.74) is 1.94. The van der Waals surface area contributed by atoms with E-state index < -0.39 is 0 Å². The highest BCUT2D eigenvalue weighted by Gasteiger charge is 2.14. The fourth-order valence-corrected chi connectivity index (χ4v) is 1.89. The Morgan fingerprint density at radius 1 is 1.11 bits per heavy atom. The third kappa shape index (κ3) is 2.18. The van der Waals surface area contributed by atoms with Crippen LogP contribution < -0.4 is 9.47 Å². The Hall–Kier alpha value is -1.97. The van der Waals surface area contributed by atoms with Crippen LogP contribution in [0.2, 0.25) is 0 Å². The van der Waals surface area contributed by atoms with Crippen molar-refractivity contribution < 1.29 is 9.47 Å². The molecule has 18 heavy (non-hydrogen) atoms. The third-order valence-corrected chi connectivity index (χ3v) is 2.85. The maximum atomic E-state index is 5.39. The lowest BCUT2D eigenvalue weighted by molar-refractivity contribution is 0.397. The lowest BCUT2D eigenvalue weighted by Crippen LogP contribution is -1.99. The van der Waals surface area contributed by atoms with Crippen LogP contribution in [0.4, 0.5) is 0 Å². The summed E-state index contributed by atoms with van der Waals surface area (Å²) in [6, 6.07) is 6.09. The van der Waals surface area contributed by atoms with Crippen LogP contribution in [0.25, 0.3) is 11.1 Å². The number of nitrogens with zero attached hydrogens (tertiary/aromatic N) is 2. The number of methoxy groups -OCH3 is 2. The fourth-order valence-electron chi connectivity index (χ4n) is 1.89. The summed E-state index contributed by atoms with van der Waals surface area (Å²) in [7, 11) is 3.32. The summed E-state index contributed by atoms with van der Waals surface area (Å²) in [6.45, 7) is 4.19. The second-order valence-corrected chi connectivity index (χ2v) is 4.34. The molecule has 0 atom stereocenters. The zero-order chi connectivity index (χ0) is 13.1. The highest BCUT2D eigenvalue weighted by molar-refractivity contribution is 5.76. The quantitative estimate of drug-likeness (QED) is 0.831. The summed E-state index contributed by atoms with van der Waals surface area (Å²) in [5, 5.41) is 4.35. The van der Waals surface area contributed by atoms with Gasteiger partial charge in [0.15, 0.2) is 0 Å². The van der Waals surface area contributed by atoms with Gasteiger partial charge in [0.1, 0.15) is 11.5 Å². The zero-order valence-corrected chi connectivity index (χ0v) is 11.2. The van der Waals surface area contributed by atoms with Crippen molar-refractivity contribution in [1.29, 1.82) is 0 Å². The molecule has 4 heteroatoms. The molecule has 0 fully saturated rings. The van der Waals surface area contributed by atoms with E-state index in [0.717, 1.165) is 22.6 Å². The Morgan fingerprint density at radius 3 is 2.17 bits per heavy atom. The average Bonchev–Trinajstić information content (AvgIpc) is 2.87. The van der Waals surface area contributed by atoms with E-state index in [1.165, 1.54) is 0 Å². The van der Waals surface area contributed by atoms with Gasteiger partial charge in [-0.3, -0.25) is 4.68 Å².